The molecule has 0 saturated heterocycles. The first-order valence-electron chi connectivity index (χ1n) is 7.80. The second-order valence-corrected chi connectivity index (χ2v) is 6.47. The molecule has 0 aliphatic carbocycles. The van der Waals surface area contributed by atoms with Gasteiger partial charge in [-0.3, -0.25) is 4.79 Å². The van der Waals surface area contributed by atoms with Gasteiger partial charge >= 0.3 is 6.61 Å². The molecule has 0 aliphatic rings. The van der Waals surface area contributed by atoms with Gasteiger partial charge in [0.15, 0.2) is 11.6 Å². The number of alkyl halides is 2. The number of rotatable bonds is 7. The van der Waals surface area contributed by atoms with E-state index >= 15 is 0 Å². The lowest BCUT2D eigenvalue weighted by atomic mass is 10.1. The van der Waals surface area contributed by atoms with Gasteiger partial charge in [-0.25, -0.2) is 4.39 Å². The van der Waals surface area contributed by atoms with Gasteiger partial charge in [0, 0.05) is 29.7 Å². The minimum absolute atomic E-state index is 0.0443. The minimum Gasteiger partial charge on any atom is -0.494 e. The number of hydrogen-bond acceptors (Lipinski definition) is 3. The van der Waals surface area contributed by atoms with E-state index in [9.17, 15) is 18.0 Å². The van der Waals surface area contributed by atoms with Gasteiger partial charge in [-0.2, -0.15) is 8.78 Å². The van der Waals surface area contributed by atoms with Crippen LogP contribution in [0.25, 0.3) is 6.08 Å². The molecule has 2 rings (SSSR count). The Morgan fingerprint density at radius 2 is 1.93 bits per heavy atom. The van der Waals surface area contributed by atoms with Crippen LogP contribution in [0, 0.1) is 5.82 Å². The Morgan fingerprint density at radius 3 is 2.56 bits per heavy atom. The fraction of sp³-hybridized carbons (Fsp3) is 0.211. The third-order valence-electron chi connectivity index (χ3n) is 3.61. The molecular weight excluding hydrogens is 427 g/mol. The van der Waals surface area contributed by atoms with Crippen molar-refractivity contribution in [3.63, 3.8) is 0 Å². The number of halogens is 4. The van der Waals surface area contributed by atoms with Gasteiger partial charge in [0.25, 0.3) is 0 Å². The van der Waals surface area contributed by atoms with Crippen molar-refractivity contribution in [3.05, 3.63) is 63.9 Å². The zero-order valence-corrected chi connectivity index (χ0v) is 16.2. The average Bonchev–Trinajstić information content (AvgIpc) is 2.61. The Labute approximate surface area is 163 Å². The Morgan fingerprint density at radius 1 is 1.22 bits per heavy atom. The van der Waals surface area contributed by atoms with Crippen LogP contribution >= 0.6 is 15.9 Å². The topological polar surface area (TPSA) is 38.8 Å². The van der Waals surface area contributed by atoms with Crippen LogP contribution in [0.5, 0.6) is 11.5 Å². The van der Waals surface area contributed by atoms with Crippen LogP contribution in [0.2, 0.25) is 0 Å². The molecule has 2 aromatic rings. The smallest absolute Gasteiger partial charge is 0.387 e. The number of likely N-dealkylation sites (N-methyl/N-ethyl adjacent to an activating group) is 1. The lowest BCUT2D eigenvalue weighted by Crippen LogP contribution is -2.24. The quantitative estimate of drug-likeness (QED) is 0.573. The van der Waals surface area contributed by atoms with Crippen molar-refractivity contribution in [2.45, 2.75) is 13.2 Å². The largest absolute Gasteiger partial charge is 0.494 e. The first kappa shape index (κ1) is 20.8. The van der Waals surface area contributed by atoms with E-state index in [4.69, 9.17) is 4.74 Å². The van der Waals surface area contributed by atoms with Gasteiger partial charge in [-0.1, -0.05) is 22.0 Å². The molecule has 144 valence electrons. The lowest BCUT2D eigenvalue weighted by Gasteiger charge is -2.16. The summed E-state index contributed by atoms with van der Waals surface area (Å²) in [4.78, 5) is 13.6. The van der Waals surface area contributed by atoms with Crippen molar-refractivity contribution < 1.29 is 27.4 Å². The van der Waals surface area contributed by atoms with Gasteiger partial charge in [-0.05, 0) is 42.0 Å². The summed E-state index contributed by atoms with van der Waals surface area (Å²) < 4.78 is 48.6. The van der Waals surface area contributed by atoms with Gasteiger partial charge in [0.05, 0.1) is 7.11 Å². The summed E-state index contributed by atoms with van der Waals surface area (Å²) in [5, 5.41) is 0. The molecule has 1 amide bonds. The van der Waals surface area contributed by atoms with Crippen LogP contribution in [0.3, 0.4) is 0 Å². The van der Waals surface area contributed by atoms with Crippen LogP contribution in [0.15, 0.2) is 46.9 Å². The van der Waals surface area contributed by atoms with Crippen LogP contribution < -0.4 is 9.47 Å². The maximum Gasteiger partial charge on any atom is 0.387 e. The lowest BCUT2D eigenvalue weighted by molar-refractivity contribution is -0.125. The van der Waals surface area contributed by atoms with Crippen LogP contribution in [-0.4, -0.2) is 31.6 Å². The monoisotopic (exact) mass is 443 g/mol. The Bertz CT molecular complexity index is 843. The minimum atomic E-state index is -2.97. The summed E-state index contributed by atoms with van der Waals surface area (Å²) in [6.07, 6.45) is 2.62. The van der Waals surface area contributed by atoms with Crippen molar-refractivity contribution >= 4 is 27.9 Å². The number of methoxy groups -OCH3 is 1. The molecule has 0 N–H and O–H groups in total. The summed E-state index contributed by atoms with van der Waals surface area (Å²) in [6, 6.07) is 8.91. The molecule has 0 unspecified atom stereocenters. The normalized spacial score (nSPS) is 11.1. The molecule has 0 fully saturated rings. The first-order chi connectivity index (χ1) is 12.8. The molecule has 8 heteroatoms. The van der Waals surface area contributed by atoms with Crippen molar-refractivity contribution in [1.82, 2.24) is 4.90 Å². The predicted molar refractivity (Wildman–Crippen MR) is 99.2 cm³/mol. The van der Waals surface area contributed by atoms with Crippen molar-refractivity contribution in [1.29, 1.82) is 0 Å². The molecular formula is C19H17BrF3NO3. The third kappa shape index (κ3) is 6.02. The van der Waals surface area contributed by atoms with Crippen LogP contribution in [-0.2, 0) is 11.3 Å². The highest BCUT2D eigenvalue weighted by atomic mass is 79.9. The van der Waals surface area contributed by atoms with E-state index in [1.807, 2.05) is 0 Å². The van der Waals surface area contributed by atoms with E-state index < -0.39 is 12.4 Å². The van der Waals surface area contributed by atoms with Crippen molar-refractivity contribution in [2.24, 2.45) is 0 Å². The summed E-state index contributed by atoms with van der Waals surface area (Å²) in [5.74, 6) is -0.825. The van der Waals surface area contributed by atoms with Crippen LogP contribution in [0.4, 0.5) is 13.2 Å². The van der Waals surface area contributed by atoms with Gasteiger partial charge < -0.3 is 14.4 Å². The molecule has 4 nitrogen and oxygen atoms in total. The van der Waals surface area contributed by atoms with Gasteiger partial charge in [0.2, 0.25) is 5.91 Å². The van der Waals surface area contributed by atoms with E-state index in [1.165, 1.54) is 42.4 Å². The fourth-order valence-corrected chi connectivity index (χ4v) is 2.68. The number of benzene rings is 2. The molecule has 0 spiro atoms. The zero-order chi connectivity index (χ0) is 20.0. The molecule has 2 aromatic carbocycles. The third-order valence-corrected chi connectivity index (χ3v) is 4.10. The molecule has 0 radical (unpaired) electrons. The summed E-state index contributed by atoms with van der Waals surface area (Å²) in [7, 11) is 2.92. The average molecular weight is 444 g/mol. The summed E-state index contributed by atoms with van der Waals surface area (Å²) in [5.41, 5.74) is 0.906. The second kappa shape index (κ2) is 9.45. The predicted octanol–water partition coefficient (Wildman–Crippen LogP) is 4.87. The zero-order valence-electron chi connectivity index (χ0n) is 14.6. The maximum absolute atomic E-state index is 13.7. The number of hydrogen-bond donors (Lipinski definition) is 0. The number of nitrogens with zero attached hydrogens (tertiary/aromatic N) is 1. The van der Waals surface area contributed by atoms with E-state index in [1.54, 1.807) is 25.2 Å². The molecule has 0 aromatic heterocycles. The fourth-order valence-electron chi connectivity index (χ4n) is 2.30. The van der Waals surface area contributed by atoms with E-state index in [0.717, 1.165) is 0 Å². The highest BCUT2D eigenvalue weighted by Crippen LogP contribution is 2.26. The van der Waals surface area contributed by atoms with Crippen molar-refractivity contribution in [3.8, 4) is 11.5 Å². The van der Waals surface area contributed by atoms with E-state index in [2.05, 4.69) is 20.7 Å². The molecule has 0 bridgehead atoms. The summed E-state index contributed by atoms with van der Waals surface area (Å²) >= 11 is 3.24. The first-order valence-corrected chi connectivity index (χ1v) is 8.59. The standard InChI is InChI=1S/C19H17BrF3NO3/c1-24(11-12-3-6-17(26-2)15(21)9-12)18(25)8-4-13-10-14(20)5-7-16(13)27-19(22)23/h3-10,19H,11H2,1-2H3/b8-4+. The maximum atomic E-state index is 13.7. The van der Waals surface area contributed by atoms with Crippen molar-refractivity contribution in [2.75, 3.05) is 14.2 Å². The Balaban J connectivity index is 2.10. The second-order valence-electron chi connectivity index (χ2n) is 5.56. The Kier molecular flexibility index (Phi) is 7.29. The summed E-state index contributed by atoms with van der Waals surface area (Å²) in [6.45, 7) is -2.80. The number of carbonyl (C=O) groups is 1. The molecule has 27 heavy (non-hydrogen) atoms. The van der Waals surface area contributed by atoms with Gasteiger partial charge in [0.1, 0.15) is 5.75 Å². The molecule has 0 atom stereocenters. The SMILES string of the molecule is COc1ccc(CN(C)C(=O)/C=C/c2cc(Br)ccc2OC(F)F)cc1F. The van der Waals surface area contributed by atoms with E-state index in [0.29, 0.717) is 15.6 Å². The molecule has 0 aliphatic heterocycles. The van der Waals surface area contributed by atoms with Crippen LogP contribution in [0.1, 0.15) is 11.1 Å². The van der Waals surface area contributed by atoms with E-state index in [-0.39, 0.29) is 24.0 Å². The highest BCUT2D eigenvalue weighted by Gasteiger charge is 2.11. The Hall–Kier alpha value is -2.48. The highest BCUT2D eigenvalue weighted by molar-refractivity contribution is 9.10. The number of ether oxygens (including phenoxy) is 2. The number of amides is 1. The molecule has 0 heterocycles. The van der Waals surface area contributed by atoms with Gasteiger partial charge in [-0.15, -0.1) is 0 Å². The molecule has 0 saturated carbocycles. The number of carbonyl (C=O) groups excluding carboxylic acids is 1.